The number of rotatable bonds is 21. The number of aliphatic hydroxyl groups is 4. The number of sulfonamides is 1. The molecule has 0 bridgehead atoms. The Morgan fingerprint density at radius 1 is 0.843 bits per heavy atom. The van der Waals surface area contributed by atoms with E-state index < -0.39 is 207 Å². The molecule has 1 aromatic rings. The van der Waals surface area contributed by atoms with E-state index in [4.69, 9.17) is 56.9 Å². The summed E-state index contributed by atoms with van der Waals surface area (Å²) in [7, 11) is -0.468. The second-order valence-corrected chi connectivity index (χ2v) is 27.8. The van der Waals surface area contributed by atoms with Crippen LogP contribution < -0.4 is 10.0 Å². The lowest BCUT2D eigenvalue weighted by Crippen LogP contribution is -2.59. The minimum Gasteiger partial charge on any atom is -0.461 e. The number of hydrogen-bond donors (Lipinski definition) is 6. The van der Waals surface area contributed by atoms with E-state index in [1.165, 1.54) is 75.0 Å². The molecule has 0 spiro atoms. The van der Waals surface area contributed by atoms with Crippen molar-refractivity contribution in [3.05, 3.63) is 34.4 Å². The first-order valence-corrected chi connectivity index (χ1v) is 31.8. The summed E-state index contributed by atoms with van der Waals surface area (Å²) in [5, 5.41) is 63.8. The number of oxime groups is 1. The Kier molecular flexibility index (Phi) is 26.5. The molecule has 1 aromatic carbocycles. The minimum atomic E-state index is -4.57. The second kappa shape index (κ2) is 31.3. The predicted molar refractivity (Wildman–Crippen MR) is 317 cm³/mol. The van der Waals surface area contributed by atoms with Crippen LogP contribution >= 0.6 is 0 Å². The van der Waals surface area contributed by atoms with Crippen molar-refractivity contribution in [2.45, 2.75) is 243 Å². The van der Waals surface area contributed by atoms with Gasteiger partial charge < -0.3 is 82.7 Å². The molecule has 4 heterocycles. The number of nitrogens with zero attached hydrogens (tertiary/aromatic N) is 2. The number of nitro groups is 1. The fraction of sp³-hybridized carbons (Fsp3) is 0.817. The van der Waals surface area contributed by atoms with Crippen LogP contribution in [0.25, 0.3) is 0 Å². The van der Waals surface area contributed by atoms with Crippen molar-refractivity contribution in [1.82, 2.24) is 10.0 Å². The normalized spacial score (nSPS) is 38.0. The van der Waals surface area contributed by atoms with Gasteiger partial charge in [0.15, 0.2) is 35.1 Å². The Labute approximate surface area is 522 Å². The SMILES string of the molecule is CON=C1C[C@@H](C)O[C@@H](O[C@@H]2[C@@H](C)[C@H](O[C@H]3C[C@@](C)(O)[C@@H](O)[C@H](C)O3)[C@@H](C)C(=O)O[C@H]([C@@H](C)CO[C@@H]3O[C@H](C)[C@@H](O)[C@@H](OC)[C@H]3OC)[C@H](C)[C@@H](OC(=O)CC(C)C)[C@@H](C)C(=O)[C@@](C)(OC(=O)NC(C)(C)CNS(=O)(=O)c3ccccc3[N+](=O)[O-])C[C@@H]2C)[C@@H]1O. The smallest absolute Gasteiger partial charge is 0.408 e. The first-order chi connectivity index (χ1) is 41.3. The van der Waals surface area contributed by atoms with Gasteiger partial charge in [0, 0.05) is 63.8 Å². The zero-order chi connectivity index (χ0) is 67.0. The number of esters is 2. The molecule has 29 heteroatoms. The van der Waals surface area contributed by atoms with E-state index in [2.05, 4.69) is 15.2 Å². The van der Waals surface area contributed by atoms with Gasteiger partial charge >= 0.3 is 18.0 Å². The first-order valence-electron chi connectivity index (χ1n) is 30.3. The molecule has 0 aliphatic carbocycles. The fourth-order valence-corrected chi connectivity index (χ4v) is 13.8. The summed E-state index contributed by atoms with van der Waals surface area (Å²) in [5.41, 5.74) is -6.07. The number of Topliss-reactive ketones (excluding diaryl/α,β-unsaturated/α-hetero) is 1. The average Bonchev–Trinajstić information content (AvgIpc) is 0.938. The summed E-state index contributed by atoms with van der Waals surface area (Å²) in [6.07, 6.45) is -19.4. The van der Waals surface area contributed by atoms with Crippen molar-refractivity contribution < 1.29 is 110 Å². The third-order valence-corrected chi connectivity index (χ3v) is 18.7. The van der Waals surface area contributed by atoms with E-state index in [-0.39, 0.29) is 37.5 Å². The third kappa shape index (κ3) is 18.8. The third-order valence-electron chi connectivity index (χ3n) is 17.2. The Bertz CT molecular complexity index is 2700. The van der Waals surface area contributed by atoms with E-state index in [0.29, 0.717) is 0 Å². The molecule has 28 nitrogen and oxygen atoms in total. The predicted octanol–water partition coefficient (Wildman–Crippen LogP) is 4.46. The molecule has 89 heavy (non-hydrogen) atoms. The number of nitro benzene ring substituents is 1. The number of nitrogens with one attached hydrogen (secondary N) is 2. The number of carbonyl (C=O) groups excluding carboxylic acids is 4. The molecule has 6 N–H and O–H groups in total. The van der Waals surface area contributed by atoms with Crippen molar-refractivity contribution in [3.8, 4) is 0 Å². The zero-order valence-corrected chi connectivity index (χ0v) is 55.3. The van der Waals surface area contributed by atoms with E-state index in [0.717, 1.165) is 12.1 Å². The van der Waals surface area contributed by atoms with Crippen LogP contribution in [0, 0.1) is 51.5 Å². The molecule has 4 saturated heterocycles. The van der Waals surface area contributed by atoms with Gasteiger partial charge in [0.05, 0.1) is 70.7 Å². The largest absolute Gasteiger partial charge is 0.461 e. The van der Waals surface area contributed by atoms with Gasteiger partial charge in [-0.1, -0.05) is 65.8 Å². The standard InChI is InChI=1S/C60H98N4O24S/c1-29(2)23-42(65)84-48-34(7)47(31(4)27-80-56-51(78-17)50(77-16)44(66)37(10)83-56)86-54(70)36(9)49(85-43-26-59(14,72)53(69)38(11)82-43)33(6)46(87-55-45(67)39(63-79-18)24-32(5)81-55)30(3)25-60(15,52(68)35(48)8)88-57(71)62-58(12,13)28-61-89(75,76)41-22-20-19-21-40(41)64(73)74/h19-22,29-38,43-51,53,55-56,61,66-67,69,72H,23-28H2,1-18H3,(H,62,71)/t30-,31-,32+,33+,34-,35+,36+,37+,38-,43-,44+,45+,46-,47+,48+,49-,50+,51+,53-,55-,56+,59+,60-/m0/s1. The van der Waals surface area contributed by atoms with Crippen LogP contribution in [0.2, 0.25) is 0 Å². The van der Waals surface area contributed by atoms with Crippen molar-refractivity contribution >= 4 is 45.2 Å². The van der Waals surface area contributed by atoms with E-state index >= 15 is 9.59 Å². The van der Waals surface area contributed by atoms with E-state index in [1.807, 2.05) is 0 Å². The van der Waals surface area contributed by atoms with Gasteiger partial charge in [-0.2, -0.15) is 0 Å². The lowest BCUT2D eigenvalue weighted by atomic mass is 9.74. The van der Waals surface area contributed by atoms with Crippen LogP contribution in [0.1, 0.15) is 130 Å². The minimum absolute atomic E-state index is 0.109. The molecular weight excluding hydrogens is 1190 g/mol. The molecule has 4 aliphatic heterocycles. The highest BCUT2D eigenvalue weighted by molar-refractivity contribution is 7.89. The molecule has 0 unspecified atom stereocenters. The van der Waals surface area contributed by atoms with Crippen LogP contribution in [-0.2, 0) is 81.3 Å². The molecule has 23 atom stereocenters. The fourth-order valence-electron chi connectivity index (χ4n) is 12.4. The zero-order valence-electron chi connectivity index (χ0n) is 54.5. The second-order valence-electron chi connectivity index (χ2n) is 26.1. The maximum absolute atomic E-state index is 16.0. The van der Waals surface area contributed by atoms with E-state index in [1.54, 1.807) is 62.3 Å². The summed E-state index contributed by atoms with van der Waals surface area (Å²) in [6.45, 7) is 23.0. The van der Waals surface area contributed by atoms with Crippen molar-refractivity contribution in [2.75, 3.05) is 34.5 Å². The Morgan fingerprint density at radius 2 is 1.48 bits per heavy atom. The lowest BCUT2D eigenvalue weighted by Gasteiger charge is -2.46. The van der Waals surface area contributed by atoms with Gasteiger partial charge in [0.25, 0.3) is 5.69 Å². The van der Waals surface area contributed by atoms with Crippen molar-refractivity contribution in [1.29, 1.82) is 0 Å². The lowest BCUT2D eigenvalue weighted by molar-refractivity contribution is -0.387. The van der Waals surface area contributed by atoms with Gasteiger partial charge in [0.2, 0.25) is 10.0 Å². The summed E-state index contributed by atoms with van der Waals surface area (Å²) in [5.74, 6) is -9.28. The molecule has 508 valence electrons. The number of aliphatic hydroxyl groups excluding tert-OH is 3. The Hall–Kier alpha value is -4.60. The monoisotopic (exact) mass is 1290 g/mol. The number of hydrogen-bond acceptors (Lipinski definition) is 25. The number of methoxy groups -OCH3 is 2. The van der Waals surface area contributed by atoms with Crippen LogP contribution in [0.3, 0.4) is 0 Å². The molecular formula is C60H98N4O24S. The van der Waals surface area contributed by atoms with E-state index in [9.17, 15) is 48.5 Å². The number of cyclic esters (lactones) is 1. The highest BCUT2D eigenvalue weighted by atomic mass is 32.2. The first kappa shape index (κ1) is 75.1. The molecule has 1 amide bonds. The summed E-state index contributed by atoms with van der Waals surface area (Å²) < 4.78 is 98.7. The van der Waals surface area contributed by atoms with Crippen LogP contribution in [0.5, 0.6) is 0 Å². The van der Waals surface area contributed by atoms with Gasteiger partial charge in [-0.3, -0.25) is 24.5 Å². The Morgan fingerprint density at radius 3 is 2.08 bits per heavy atom. The summed E-state index contributed by atoms with van der Waals surface area (Å²) >= 11 is 0. The van der Waals surface area contributed by atoms with Gasteiger partial charge in [-0.05, 0) is 79.7 Å². The topological polar surface area (TPSA) is 374 Å². The number of alkyl carbamates (subject to hydrolysis) is 1. The maximum Gasteiger partial charge on any atom is 0.408 e. The summed E-state index contributed by atoms with van der Waals surface area (Å²) in [6, 6.07) is 4.70. The molecule has 0 aromatic heterocycles. The average molecular weight is 1290 g/mol. The molecule has 4 aliphatic rings. The van der Waals surface area contributed by atoms with Crippen molar-refractivity contribution in [2.24, 2.45) is 46.6 Å². The van der Waals surface area contributed by atoms with Crippen LogP contribution in [-0.4, -0.2) is 207 Å². The van der Waals surface area contributed by atoms with Gasteiger partial charge in [-0.15, -0.1) is 0 Å². The molecule has 5 rings (SSSR count). The quantitative estimate of drug-likeness (QED) is 0.0428. The number of carbonyl (C=O) groups is 4. The summed E-state index contributed by atoms with van der Waals surface area (Å²) in [4.78, 5) is 75.6. The number of ketones is 1. The molecule has 4 fully saturated rings. The molecule has 0 saturated carbocycles. The Balaban J connectivity index is 1.71. The number of ether oxygens (including phenoxy) is 11. The highest BCUT2D eigenvalue weighted by Crippen LogP contribution is 2.41. The number of para-hydroxylation sites is 1. The maximum atomic E-state index is 16.0. The van der Waals surface area contributed by atoms with Crippen LogP contribution in [0.4, 0.5) is 10.5 Å². The van der Waals surface area contributed by atoms with Gasteiger partial charge in [-0.25, -0.2) is 17.9 Å². The number of amides is 1. The van der Waals surface area contributed by atoms with Gasteiger partial charge in [0.1, 0.15) is 49.8 Å². The number of benzene rings is 1. The highest BCUT2D eigenvalue weighted by Gasteiger charge is 2.54. The van der Waals surface area contributed by atoms with Crippen molar-refractivity contribution in [3.63, 3.8) is 0 Å². The van der Waals surface area contributed by atoms with Crippen LogP contribution in [0.15, 0.2) is 34.3 Å². The molecule has 0 radical (unpaired) electrons.